The minimum atomic E-state index is -1.38. The van der Waals surface area contributed by atoms with Crippen molar-refractivity contribution in [2.75, 3.05) is 5.14 Å². The average Bonchev–Trinajstić information content (AvgIpc) is 2.77. The van der Waals surface area contributed by atoms with Crippen molar-refractivity contribution >= 4 is 28.7 Å². The molecule has 1 rings (SSSR count). The Bertz CT molecular complexity index is 567. The van der Waals surface area contributed by atoms with Crippen molar-refractivity contribution in [1.82, 2.24) is 21.2 Å². The van der Waals surface area contributed by atoms with Crippen LogP contribution in [0.5, 0.6) is 0 Å². The summed E-state index contributed by atoms with van der Waals surface area (Å²) in [6.45, 7) is 4.96. The number of ether oxygens (including phenoxy) is 1. The topological polar surface area (TPSA) is 156 Å². The molecule has 3 amide bonds. The maximum Gasteiger partial charge on any atom is 0.426 e. The van der Waals surface area contributed by atoms with Crippen LogP contribution < -0.4 is 21.3 Å². The largest absolute Gasteiger partial charge is 0.479 e. The molecule has 2 atom stereocenters. The second kappa shape index (κ2) is 7.04. The predicted octanol–water partition coefficient (Wildman–Crippen LogP) is 0.409. The number of amides is 3. The summed E-state index contributed by atoms with van der Waals surface area (Å²) >= 11 is 0. The summed E-state index contributed by atoms with van der Waals surface area (Å²) in [6, 6.07) is -2.31. The summed E-state index contributed by atoms with van der Waals surface area (Å²) < 4.78 is 4.90. The summed E-state index contributed by atoms with van der Waals surface area (Å²) in [4.78, 5) is 37.9. The van der Waals surface area contributed by atoms with Crippen LogP contribution in [-0.4, -0.2) is 33.8 Å². The van der Waals surface area contributed by atoms with Crippen molar-refractivity contribution in [3.63, 3.8) is 0 Å². The molecule has 1 aromatic heterocycles. The van der Waals surface area contributed by atoms with Crippen LogP contribution in [0.25, 0.3) is 0 Å². The Morgan fingerprint density at radius 1 is 1.36 bits per heavy atom. The zero-order chi connectivity index (χ0) is 16.9. The van der Waals surface area contributed by atoms with Gasteiger partial charge in [-0.15, -0.1) is 5.14 Å². The summed E-state index contributed by atoms with van der Waals surface area (Å²) in [7, 11) is -0.756. The predicted molar refractivity (Wildman–Crippen MR) is 78.3 cm³/mol. The molecule has 6 N–H and O–H groups in total. The molecule has 0 radical (unpaired) electrons. The lowest BCUT2D eigenvalue weighted by Crippen LogP contribution is -2.50. The molecule has 1 heterocycles. The number of nitrogens with one attached hydrogen (secondary N) is 3. The number of carboxylic acids is 1. The molecule has 2 unspecified atom stereocenters. The highest BCUT2D eigenvalue weighted by molar-refractivity contribution is 7.27. The van der Waals surface area contributed by atoms with Crippen molar-refractivity contribution < 1.29 is 24.2 Å². The van der Waals surface area contributed by atoms with E-state index in [1.54, 1.807) is 20.8 Å². The van der Waals surface area contributed by atoms with Gasteiger partial charge in [0.05, 0.1) is 10.7 Å². The van der Waals surface area contributed by atoms with Gasteiger partial charge in [0, 0.05) is 0 Å². The number of nitrogen functional groups attached to an aromatic ring is 1. The summed E-state index contributed by atoms with van der Waals surface area (Å²) in [5.41, 5.74) is 4.73. The van der Waals surface area contributed by atoms with Crippen LogP contribution >= 0.6 is 10.7 Å². The average molecular weight is 332 g/mol. The zero-order valence-corrected chi connectivity index (χ0v) is 13.1. The van der Waals surface area contributed by atoms with Gasteiger partial charge in [-0.25, -0.2) is 30.2 Å². The molecular formula is C11H18N5O5S+. The third-order valence-electron chi connectivity index (χ3n) is 2.08. The minimum absolute atomic E-state index is 0.116. The fourth-order valence-corrected chi connectivity index (χ4v) is 2.09. The molecule has 0 aliphatic rings. The van der Waals surface area contributed by atoms with Crippen LogP contribution in [0, 0.1) is 0 Å². The Labute approximate surface area is 129 Å². The molecule has 0 saturated heterocycles. The number of rotatable bonds is 3. The minimum Gasteiger partial charge on any atom is -0.479 e. The van der Waals surface area contributed by atoms with Gasteiger partial charge in [-0.2, -0.15) is 0 Å². The molecule has 122 valence electrons. The van der Waals surface area contributed by atoms with E-state index in [4.69, 9.17) is 15.0 Å². The lowest BCUT2D eigenvalue weighted by Gasteiger charge is -2.20. The first-order valence-corrected chi connectivity index (χ1v) is 7.50. The van der Waals surface area contributed by atoms with Gasteiger partial charge in [0.2, 0.25) is 0 Å². The monoisotopic (exact) mass is 332 g/mol. The van der Waals surface area contributed by atoms with E-state index in [9.17, 15) is 14.4 Å². The van der Waals surface area contributed by atoms with E-state index in [-0.39, 0.29) is 5.69 Å². The van der Waals surface area contributed by atoms with Crippen molar-refractivity contribution in [1.29, 1.82) is 0 Å². The molecule has 1 aromatic rings. The van der Waals surface area contributed by atoms with Crippen LogP contribution in [0.4, 0.5) is 9.59 Å². The smallest absolute Gasteiger partial charge is 0.426 e. The highest BCUT2D eigenvalue weighted by atomic mass is 32.2. The van der Waals surface area contributed by atoms with Gasteiger partial charge < -0.3 is 15.2 Å². The highest BCUT2D eigenvalue weighted by Crippen LogP contribution is 2.17. The van der Waals surface area contributed by atoms with Crippen LogP contribution in [-0.2, 0) is 9.53 Å². The molecule has 0 fully saturated rings. The van der Waals surface area contributed by atoms with Crippen LogP contribution in [0.2, 0.25) is 0 Å². The van der Waals surface area contributed by atoms with Gasteiger partial charge in [-0.3, -0.25) is 0 Å². The van der Waals surface area contributed by atoms with Crippen LogP contribution in [0.3, 0.4) is 0 Å². The van der Waals surface area contributed by atoms with Crippen molar-refractivity contribution in [3.05, 3.63) is 16.6 Å². The molecule has 10 nitrogen and oxygen atoms in total. The molecule has 0 aromatic carbocycles. The molecule has 22 heavy (non-hydrogen) atoms. The second-order valence-corrected chi connectivity index (χ2v) is 6.45. The van der Waals surface area contributed by atoms with Crippen molar-refractivity contribution in [2.24, 2.45) is 0 Å². The molecule has 0 saturated carbocycles. The van der Waals surface area contributed by atoms with E-state index in [1.165, 1.54) is 10.9 Å². The number of aliphatic carboxylic acids is 1. The first kappa shape index (κ1) is 17.7. The number of carboxylic acid groups (broad SMARTS) is 1. The van der Waals surface area contributed by atoms with E-state index in [0.717, 1.165) is 0 Å². The second-order valence-electron chi connectivity index (χ2n) is 5.18. The van der Waals surface area contributed by atoms with E-state index in [1.807, 2.05) is 10.9 Å². The van der Waals surface area contributed by atoms with Gasteiger partial charge in [-0.1, -0.05) is 0 Å². The number of aromatic nitrogens is 1. The Kier molecular flexibility index (Phi) is 5.65. The fourth-order valence-electron chi connectivity index (χ4n) is 1.31. The quantitative estimate of drug-likeness (QED) is 0.396. The third kappa shape index (κ3) is 5.93. The van der Waals surface area contributed by atoms with E-state index in [0.29, 0.717) is 0 Å². The van der Waals surface area contributed by atoms with Crippen LogP contribution in [0.1, 0.15) is 32.5 Å². The van der Waals surface area contributed by atoms with Crippen LogP contribution in [0.15, 0.2) is 10.9 Å². The number of hydrazine groups is 1. The number of nitrogens with two attached hydrogens (primary N) is 1. The molecule has 0 aliphatic carbocycles. The summed E-state index contributed by atoms with van der Waals surface area (Å²) in [6.07, 6.45) is -0.879. The number of nitrogens with zero attached hydrogens (tertiary/aromatic N) is 1. The van der Waals surface area contributed by atoms with Crippen molar-refractivity contribution in [2.45, 2.75) is 32.4 Å². The molecular weight excluding hydrogens is 314 g/mol. The number of urea groups is 1. The van der Waals surface area contributed by atoms with Crippen molar-refractivity contribution in [3.8, 4) is 0 Å². The van der Waals surface area contributed by atoms with E-state index >= 15 is 0 Å². The number of hydrogen-bond donors (Lipinski definition) is 5. The summed E-state index contributed by atoms with van der Waals surface area (Å²) in [5, 5.41) is 18.2. The zero-order valence-electron chi connectivity index (χ0n) is 12.2. The molecule has 0 aliphatic heterocycles. The molecule has 0 bridgehead atoms. The fraction of sp³-hybridized carbons (Fsp3) is 0.455. The Morgan fingerprint density at radius 3 is 2.45 bits per heavy atom. The SMILES string of the molecule is CC(C)(C)OC(=O)NNC(=O)NC(C(=O)O)c1c[s+](N)cn1. The number of carbonyl (C=O) groups excluding carboxylic acids is 2. The Morgan fingerprint density at radius 2 is 2.00 bits per heavy atom. The lowest BCUT2D eigenvalue weighted by atomic mass is 10.2. The number of thiazole rings is 1. The first-order chi connectivity index (χ1) is 10.1. The van der Waals surface area contributed by atoms with Gasteiger partial charge in [-0.05, 0) is 20.8 Å². The number of hydrogen-bond acceptors (Lipinski definition) is 6. The lowest BCUT2D eigenvalue weighted by molar-refractivity contribution is -0.139. The molecule has 0 spiro atoms. The third-order valence-corrected chi connectivity index (χ3v) is 2.94. The van der Waals surface area contributed by atoms with E-state index in [2.05, 4.69) is 10.3 Å². The van der Waals surface area contributed by atoms with Gasteiger partial charge in [0.15, 0.2) is 11.4 Å². The standard InChI is InChI=1S/C11H17N5O5S/c1-11(2,3)21-10(20)16-15-9(19)14-7(8(17)18)6-4-22(12)5-13-6/h4-5,7H,12H2,1-3H3,(H3-,14,15,16,17,18,19,20)/p+1. The van der Waals surface area contributed by atoms with Gasteiger partial charge >= 0.3 is 18.1 Å². The van der Waals surface area contributed by atoms with Gasteiger partial charge in [0.25, 0.3) is 5.51 Å². The summed E-state index contributed by atoms with van der Waals surface area (Å²) in [5.74, 6) is -1.31. The first-order valence-electron chi connectivity index (χ1n) is 6.09. The highest BCUT2D eigenvalue weighted by Gasteiger charge is 2.27. The maximum absolute atomic E-state index is 11.6. The normalized spacial score (nSPS) is 13.0. The Hall–Kier alpha value is -2.40. The van der Waals surface area contributed by atoms with E-state index < -0.39 is 40.4 Å². The Balaban J connectivity index is 2.55. The molecule has 11 heteroatoms. The number of carbonyl (C=O) groups is 3. The maximum atomic E-state index is 11.6. The van der Waals surface area contributed by atoms with Gasteiger partial charge in [0.1, 0.15) is 11.3 Å².